The second kappa shape index (κ2) is 7.90. The quantitative estimate of drug-likeness (QED) is 0.643. The van der Waals surface area contributed by atoms with Crippen LogP contribution in [0.4, 0.5) is 0 Å². The highest BCUT2D eigenvalue weighted by Crippen LogP contribution is 2.24. The van der Waals surface area contributed by atoms with Gasteiger partial charge in [-0.1, -0.05) is 12.1 Å². The smallest absolute Gasteiger partial charge is 0.338 e. The van der Waals surface area contributed by atoms with E-state index in [1.165, 1.54) is 6.07 Å². The van der Waals surface area contributed by atoms with E-state index in [-0.39, 0.29) is 11.5 Å². The topological polar surface area (TPSA) is 90.7 Å². The van der Waals surface area contributed by atoms with Gasteiger partial charge in [0.15, 0.2) is 0 Å². The first kappa shape index (κ1) is 18.4. The lowest BCUT2D eigenvalue weighted by Crippen LogP contribution is -2.07. The van der Waals surface area contributed by atoms with Gasteiger partial charge in [0, 0.05) is 0 Å². The van der Waals surface area contributed by atoms with Crippen LogP contribution in [-0.4, -0.2) is 39.8 Å². The fourth-order valence-electron chi connectivity index (χ4n) is 2.77. The molecule has 0 radical (unpaired) electrons. The Labute approximate surface area is 156 Å². The Hall–Kier alpha value is -3.35. The number of aromatic carboxylic acids is 1. The van der Waals surface area contributed by atoms with Crippen molar-refractivity contribution in [1.29, 1.82) is 0 Å². The number of benzene rings is 2. The van der Waals surface area contributed by atoms with Crippen molar-refractivity contribution >= 4 is 23.0 Å². The Morgan fingerprint density at radius 2 is 1.74 bits per heavy atom. The lowest BCUT2D eigenvalue weighted by atomic mass is 10.1. The summed E-state index contributed by atoms with van der Waals surface area (Å²) in [7, 11) is 0. The molecule has 1 N–H and O–H groups in total. The van der Waals surface area contributed by atoms with Crippen molar-refractivity contribution in [3.63, 3.8) is 0 Å². The summed E-state index contributed by atoms with van der Waals surface area (Å²) in [4.78, 5) is 27.5. The van der Waals surface area contributed by atoms with Crippen LogP contribution in [0.25, 0.3) is 11.0 Å². The number of nitrogens with zero attached hydrogens (tertiary/aromatic N) is 2. The summed E-state index contributed by atoms with van der Waals surface area (Å²) in [6, 6.07) is 12.3. The number of esters is 1. The average Bonchev–Trinajstić information content (AvgIpc) is 2.99. The van der Waals surface area contributed by atoms with E-state index in [1.807, 2.05) is 23.6 Å². The molecule has 0 amide bonds. The van der Waals surface area contributed by atoms with Crippen molar-refractivity contribution in [3.8, 4) is 6.01 Å². The third-order valence-corrected chi connectivity index (χ3v) is 4.04. The van der Waals surface area contributed by atoms with E-state index in [9.17, 15) is 14.7 Å². The Morgan fingerprint density at radius 1 is 1.04 bits per heavy atom. The molecule has 2 aromatic carbocycles. The summed E-state index contributed by atoms with van der Waals surface area (Å²) in [5.74, 6) is -1.36. The zero-order valence-corrected chi connectivity index (χ0v) is 15.1. The van der Waals surface area contributed by atoms with Crippen molar-refractivity contribution in [2.45, 2.75) is 20.4 Å². The van der Waals surface area contributed by atoms with E-state index in [2.05, 4.69) is 4.98 Å². The van der Waals surface area contributed by atoms with Gasteiger partial charge in [0.1, 0.15) is 0 Å². The van der Waals surface area contributed by atoms with Gasteiger partial charge < -0.3 is 14.6 Å². The molecule has 140 valence electrons. The van der Waals surface area contributed by atoms with Crippen LogP contribution in [0.3, 0.4) is 0 Å². The number of ether oxygens (including phenoxy) is 2. The number of carboxylic acid groups (broad SMARTS) is 1. The molecule has 0 bridgehead atoms. The maximum atomic E-state index is 11.8. The van der Waals surface area contributed by atoms with E-state index in [0.717, 1.165) is 5.56 Å². The van der Waals surface area contributed by atoms with Crippen LogP contribution in [0.15, 0.2) is 42.5 Å². The van der Waals surface area contributed by atoms with Crippen LogP contribution < -0.4 is 4.74 Å². The highest BCUT2D eigenvalue weighted by atomic mass is 16.5. The molecule has 0 aliphatic carbocycles. The van der Waals surface area contributed by atoms with Gasteiger partial charge in [-0.3, -0.25) is 4.57 Å². The third-order valence-electron chi connectivity index (χ3n) is 4.04. The van der Waals surface area contributed by atoms with E-state index < -0.39 is 5.97 Å². The van der Waals surface area contributed by atoms with Gasteiger partial charge in [0.2, 0.25) is 0 Å². The molecule has 0 atom stereocenters. The van der Waals surface area contributed by atoms with E-state index in [0.29, 0.717) is 42.4 Å². The molecule has 0 unspecified atom stereocenters. The molecule has 0 fully saturated rings. The molecule has 0 spiro atoms. The average molecular weight is 368 g/mol. The minimum atomic E-state index is -0.999. The summed E-state index contributed by atoms with van der Waals surface area (Å²) in [5.41, 5.74) is 2.92. The van der Waals surface area contributed by atoms with Gasteiger partial charge >= 0.3 is 11.9 Å². The molecular formula is C20H20N2O5. The standard InChI is InChI=1S/C20H20N2O5/c1-3-26-19(25)14-7-5-13(6-8-14)12-22-17-11-15(18(23)24)9-10-16(17)21-20(22)27-4-2/h5-11H,3-4,12H2,1-2H3,(H,23,24). The zero-order valence-electron chi connectivity index (χ0n) is 15.1. The third kappa shape index (κ3) is 3.92. The molecule has 0 aliphatic heterocycles. The Morgan fingerprint density at radius 3 is 2.37 bits per heavy atom. The SMILES string of the molecule is CCOC(=O)c1ccc(Cn2c(OCC)nc3ccc(C(=O)O)cc32)cc1. The molecule has 1 aromatic heterocycles. The molecule has 0 saturated heterocycles. The van der Waals surface area contributed by atoms with Gasteiger partial charge in [-0.2, -0.15) is 4.98 Å². The van der Waals surface area contributed by atoms with E-state index in [1.54, 1.807) is 31.2 Å². The number of aromatic nitrogens is 2. The molecule has 3 aromatic rings. The monoisotopic (exact) mass is 368 g/mol. The number of carboxylic acids is 1. The van der Waals surface area contributed by atoms with Crippen LogP contribution in [0.2, 0.25) is 0 Å². The summed E-state index contributed by atoms with van der Waals surface area (Å²) in [6.07, 6.45) is 0. The van der Waals surface area contributed by atoms with E-state index in [4.69, 9.17) is 9.47 Å². The van der Waals surface area contributed by atoms with Crippen LogP contribution in [0.1, 0.15) is 40.1 Å². The summed E-state index contributed by atoms with van der Waals surface area (Å²) in [6.45, 7) is 4.82. The zero-order chi connectivity index (χ0) is 19.4. The summed E-state index contributed by atoms with van der Waals surface area (Å²) >= 11 is 0. The number of rotatable bonds is 7. The first-order valence-electron chi connectivity index (χ1n) is 8.66. The Balaban J connectivity index is 1.97. The number of fused-ring (bicyclic) bond motifs is 1. The molecular weight excluding hydrogens is 348 g/mol. The molecule has 7 heteroatoms. The minimum Gasteiger partial charge on any atom is -0.478 e. The van der Waals surface area contributed by atoms with Gasteiger partial charge in [-0.25, -0.2) is 9.59 Å². The minimum absolute atomic E-state index is 0.185. The molecule has 1 heterocycles. The van der Waals surface area contributed by atoms with Gasteiger partial charge in [0.05, 0.1) is 41.9 Å². The van der Waals surface area contributed by atoms with Crippen LogP contribution >= 0.6 is 0 Å². The molecule has 3 rings (SSSR count). The lowest BCUT2D eigenvalue weighted by molar-refractivity contribution is 0.0525. The van der Waals surface area contributed by atoms with Gasteiger partial charge in [0.25, 0.3) is 6.01 Å². The lowest BCUT2D eigenvalue weighted by Gasteiger charge is -2.10. The fraction of sp³-hybridized carbons (Fsp3) is 0.250. The van der Waals surface area contributed by atoms with Gasteiger partial charge in [-0.15, -0.1) is 0 Å². The van der Waals surface area contributed by atoms with Crippen LogP contribution in [-0.2, 0) is 11.3 Å². The predicted molar refractivity (Wildman–Crippen MR) is 99.4 cm³/mol. The molecule has 0 saturated carbocycles. The van der Waals surface area contributed by atoms with Crippen molar-refractivity contribution in [3.05, 3.63) is 59.2 Å². The van der Waals surface area contributed by atoms with Crippen LogP contribution in [0.5, 0.6) is 6.01 Å². The Kier molecular flexibility index (Phi) is 5.40. The molecule has 7 nitrogen and oxygen atoms in total. The maximum absolute atomic E-state index is 11.8. The number of imidazole rings is 1. The predicted octanol–water partition coefficient (Wildman–Crippen LogP) is 3.36. The largest absolute Gasteiger partial charge is 0.478 e. The first-order valence-corrected chi connectivity index (χ1v) is 8.66. The summed E-state index contributed by atoms with van der Waals surface area (Å²) < 4.78 is 12.4. The number of carbonyl (C=O) groups is 2. The van der Waals surface area contributed by atoms with Gasteiger partial charge in [-0.05, 0) is 49.7 Å². The Bertz CT molecular complexity index is 976. The highest BCUT2D eigenvalue weighted by molar-refractivity contribution is 5.92. The normalized spacial score (nSPS) is 10.7. The van der Waals surface area contributed by atoms with Crippen molar-refractivity contribution in [1.82, 2.24) is 9.55 Å². The molecule has 0 aliphatic rings. The number of carbonyl (C=O) groups excluding carboxylic acids is 1. The molecule has 27 heavy (non-hydrogen) atoms. The van der Waals surface area contributed by atoms with Crippen molar-refractivity contribution in [2.24, 2.45) is 0 Å². The second-order valence-corrected chi connectivity index (χ2v) is 5.84. The van der Waals surface area contributed by atoms with Crippen LogP contribution in [0, 0.1) is 0 Å². The number of hydrogen-bond acceptors (Lipinski definition) is 5. The maximum Gasteiger partial charge on any atom is 0.338 e. The number of hydrogen-bond donors (Lipinski definition) is 1. The van der Waals surface area contributed by atoms with Crippen molar-refractivity contribution < 1.29 is 24.2 Å². The second-order valence-electron chi connectivity index (χ2n) is 5.84. The highest BCUT2D eigenvalue weighted by Gasteiger charge is 2.15. The van der Waals surface area contributed by atoms with E-state index >= 15 is 0 Å². The van der Waals surface area contributed by atoms with Crippen molar-refractivity contribution in [2.75, 3.05) is 13.2 Å². The summed E-state index contributed by atoms with van der Waals surface area (Å²) in [5, 5.41) is 9.26. The fourth-order valence-corrected chi connectivity index (χ4v) is 2.77. The first-order chi connectivity index (χ1) is 13.0.